The smallest absolute Gasteiger partial charge is 0.437 e. The summed E-state index contributed by atoms with van der Waals surface area (Å²) in [4.78, 5) is 57.8. The van der Waals surface area contributed by atoms with Crippen molar-refractivity contribution in [3.8, 4) is 11.5 Å². The molecule has 0 atom stereocenters. The summed E-state index contributed by atoms with van der Waals surface area (Å²) in [5.74, 6) is -2.85. The third kappa shape index (κ3) is 5.84. The summed E-state index contributed by atoms with van der Waals surface area (Å²) in [7, 11) is 1.11. The zero-order valence-corrected chi connectivity index (χ0v) is 17.4. The van der Waals surface area contributed by atoms with Gasteiger partial charge in [0, 0.05) is 0 Å². The van der Waals surface area contributed by atoms with Gasteiger partial charge in [-0.25, -0.2) is 24.2 Å². The van der Waals surface area contributed by atoms with E-state index in [0.29, 0.717) is 0 Å². The normalized spacial score (nSPS) is 13.5. The molecule has 1 aliphatic rings. The van der Waals surface area contributed by atoms with Gasteiger partial charge in [0.05, 0.1) is 13.0 Å². The van der Waals surface area contributed by atoms with Crippen molar-refractivity contribution in [1.29, 1.82) is 0 Å². The van der Waals surface area contributed by atoms with E-state index in [1.54, 1.807) is 12.1 Å². The number of esters is 1. The maximum absolute atomic E-state index is 12.5. The van der Waals surface area contributed by atoms with E-state index in [4.69, 9.17) is 9.47 Å². The SMILES string of the molecule is COC(=O)Oc1ccccc1C(=O)OOC(=O)c1ccccc1OC(=O)C1CCCCC1. The molecule has 32 heavy (non-hydrogen) atoms. The van der Waals surface area contributed by atoms with Crippen molar-refractivity contribution in [3.05, 3.63) is 59.7 Å². The molecule has 9 heteroatoms. The largest absolute Gasteiger partial charge is 0.513 e. The van der Waals surface area contributed by atoms with Crippen molar-refractivity contribution in [2.45, 2.75) is 32.1 Å². The van der Waals surface area contributed by atoms with Crippen LogP contribution in [0.1, 0.15) is 52.8 Å². The first-order valence-electron chi connectivity index (χ1n) is 10.1. The number of hydrogen-bond donors (Lipinski definition) is 0. The van der Waals surface area contributed by atoms with Crippen LogP contribution >= 0.6 is 0 Å². The fraction of sp³-hybridized carbons (Fsp3) is 0.304. The molecule has 1 saturated carbocycles. The van der Waals surface area contributed by atoms with Gasteiger partial charge in [-0.1, -0.05) is 43.5 Å². The number of carbonyl (C=O) groups is 4. The standard InChI is InChI=1S/C23H22O9/c1-28-23(27)30-19-14-8-6-12-17(19)22(26)32-31-21(25)16-11-5-7-13-18(16)29-20(24)15-9-3-2-4-10-15/h5-8,11-15H,2-4,9-10H2,1H3. The maximum Gasteiger partial charge on any atom is 0.513 e. The van der Waals surface area contributed by atoms with E-state index in [0.717, 1.165) is 39.2 Å². The Hall–Kier alpha value is -3.88. The van der Waals surface area contributed by atoms with E-state index >= 15 is 0 Å². The first-order valence-corrected chi connectivity index (χ1v) is 10.1. The van der Waals surface area contributed by atoms with Gasteiger partial charge in [-0.3, -0.25) is 4.79 Å². The van der Waals surface area contributed by atoms with Crippen LogP contribution in [-0.4, -0.2) is 31.2 Å². The van der Waals surface area contributed by atoms with Gasteiger partial charge in [0.15, 0.2) is 0 Å². The number of carbonyl (C=O) groups excluding carboxylic acids is 4. The van der Waals surface area contributed by atoms with Crippen LogP contribution < -0.4 is 9.47 Å². The van der Waals surface area contributed by atoms with E-state index in [-0.39, 0.29) is 28.5 Å². The van der Waals surface area contributed by atoms with Crippen molar-refractivity contribution in [2.75, 3.05) is 7.11 Å². The lowest BCUT2D eigenvalue weighted by Gasteiger charge is -2.20. The minimum absolute atomic E-state index is 0.0125. The Labute approximate surface area is 184 Å². The predicted molar refractivity (Wildman–Crippen MR) is 109 cm³/mol. The summed E-state index contributed by atoms with van der Waals surface area (Å²) in [6.45, 7) is 0. The molecule has 3 rings (SSSR count). The molecule has 0 heterocycles. The number of para-hydroxylation sites is 2. The summed E-state index contributed by atoms with van der Waals surface area (Å²) in [5, 5.41) is 0. The van der Waals surface area contributed by atoms with Crippen LogP contribution in [-0.2, 0) is 19.3 Å². The summed E-state index contributed by atoms with van der Waals surface area (Å²) in [6, 6.07) is 11.7. The third-order valence-corrected chi connectivity index (χ3v) is 4.92. The minimum Gasteiger partial charge on any atom is -0.437 e. The monoisotopic (exact) mass is 442 g/mol. The quantitative estimate of drug-likeness (QED) is 0.220. The second kappa shape index (κ2) is 10.9. The maximum atomic E-state index is 12.5. The van der Waals surface area contributed by atoms with E-state index in [2.05, 4.69) is 14.5 Å². The van der Waals surface area contributed by atoms with E-state index in [1.807, 2.05) is 0 Å². The Morgan fingerprint density at radius 3 is 1.75 bits per heavy atom. The molecule has 0 unspecified atom stereocenters. The fourth-order valence-corrected chi connectivity index (χ4v) is 3.28. The zero-order valence-electron chi connectivity index (χ0n) is 17.4. The fourth-order valence-electron chi connectivity index (χ4n) is 3.28. The highest BCUT2D eigenvalue weighted by atomic mass is 17.2. The Bertz CT molecular complexity index is 992. The number of benzene rings is 2. The lowest BCUT2D eigenvalue weighted by Crippen LogP contribution is -2.23. The lowest BCUT2D eigenvalue weighted by molar-refractivity contribution is -0.187. The van der Waals surface area contributed by atoms with E-state index in [9.17, 15) is 19.2 Å². The first-order chi connectivity index (χ1) is 15.5. The molecule has 0 spiro atoms. The van der Waals surface area contributed by atoms with Crippen LogP contribution in [0.5, 0.6) is 11.5 Å². The van der Waals surface area contributed by atoms with Crippen molar-refractivity contribution in [3.63, 3.8) is 0 Å². The molecule has 2 aromatic rings. The van der Waals surface area contributed by atoms with Crippen molar-refractivity contribution < 1.29 is 43.2 Å². The second-order valence-corrected chi connectivity index (χ2v) is 7.05. The van der Waals surface area contributed by atoms with Gasteiger partial charge in [0.25, 0.3) is 0 Å². The molecule has 1 fully saturated rings. The Kier molecular flexibility index (Phi) is 7.80. The molecule has 168 valence electrons. The van der Waals surface area contributed by atoms with E-state index in [1.165, 1.54) is 36.4 Å². The molecule has 0 aromatic heterocycles. The Morgan fingerprint density at radius 1 is 0.719 bits per heavy atom. The van der Waals surface area contributed by atoms with Gasteiger partial charge < -0.3 is 14.2 Å². The lowest BCUT2D eigenvalue weighted by atomic mass is 9.89. The van der Waals surface area contributed by atoms with Crippen LogP contribution in [0.15, 0.2) is 48.5 Å². The molecule has 2 aromatic carbocycles. The van der Waals surface area contributed by atoms with Crippen molar-refractivity contribution in [1.82, 2.24) is 0 Å². The summed E-state index contributed by atoms with van der Waals surface area (Å²) in [6.07, 6.45) is 3.47. The van der Waals surface area contributed by atoms with Crippen molar-refractivity contribution >= 4 is 24.1 Å². The average molecular weight is 442 g/mol. The predicted octanol–water partition coefficient (Wildman–Crippen LogP) is 4.25. The molecule has 0 aliphatic heterocycles. The van der Waals surface area contributed by atoms with Crippen LogP contribution in [0.2, 0.25) is 0 Å². The Balaban J connectivity index is 1.65. The van der Waals surface area contributed by atoms with E-state index < -0.39 is 24.1 Å². The molecule has 0 radical (unpaired) electrons. The van der Waals surface area contributed by atoms with Gasteiger partial charge >= 0.3 is 24.1 Å². The van der Waals surface area contributed by atoms with Gasteiger partial charge in [-0.15, -0.1) is 0 Å². The van der Waals surface area contributed by atoms with Crippen LogP contribution in [0.3, 0.4) is 0 Å². The molecule has 0 bridgehead atoms. The number of rotatable bonds is 5. The molecular weight excluding hydrogens is 420 g/mol. The highest BCUT2D eigenvalue weighted by molar-refractivity contribution is 5.96. The van der Waals surface area contributed by atoms with Gasteiger partial charge in [0.2, 0.25) is 0 Å². The topological polar surface area (TPSA) is 114 Å². The molecule has 9 nitrogen and oxygen atoms in total. The molecule has 0 N–H and O–H groups in total. The zero-order chi connectivity index (χ0) is 22.9. The highest BCUT2D eigenvalue weighted by Crippen LogP contribution is 2.27. The number of hydrogen-bond acceptors (Lipinski definition) is 9. The highest BCUT2D eigenvalue weighted by Gasteiger charge is 2.26. The molecule has 0 amide bonds. The van der Waals surface area contributed by atoms with Crippen LogP contribution in [0.4, 0.5) is 4.79 Å². The van der Waals surface area contributed by atoms with Crippen LogP contribution in [0, 0.1) is 5.92 Å². The summed E-state index contributed by atoms with van der Waals surface area (Å²) < 4.78 is 14.7. The Morgan fingerprint density at radius 2 is 1.22 bits per heavy atom. The summed E-state index contributed by atoms with van der Waals surface area (Å²) in [5.41, 5.74) is -0.244. The average Bonchev–Trinajstić information content (AvgIpc) is 2.83. The first kappa shape index (κ1) is 22.8. The van der Waals surface area contributed by atoms with Crippen LogP contribution in [0.25, 0.3) is 0 Å². The van der Waals surface area contributed by atoms with Gasteiger partial charge in [-0.05, 0) is 37.1 Å². The van der Waals surface area contributed by atoms with Gasteiger partial charge in [0.1, 0.15) is 22.6 Å². The second-order valence-electron chi connectivity index (χ2n) is 7.05. The molecule has 0 saturated heterocycles. The minimum atomic E-state index is -1.07. The third-order valence-electron chi connectivity index (χ3n) is 4.92. The summed E-state index contributed by atoms with van der Waals surface area (Å²) >= 11 is 0. The number of methoxy groups -OCH3 is 1. The number of ether oxygens (including phenoxy) is 3. The molecule has 1 aliphatic carbocycles. The molecular formula is C23H22O9. The van der Waals surface area contributed by atoms with Gasteiger partial charge in [-0.2, -0.15) is 0 Å². The van der Waals surface area contributed by atoms with Crippen molar-refractivity contribution in [2.24, 2.45) is 5.92 Å².